The van der Waals surface area contributed by atoms with Crippen LogP contribution in [0.4, 0.5) is 0 Å². The smallest absolute Gasteiger partial charge is 0.261 e. The number of piperidine rings is 1. The molecule has 2 aromatic rings. The van der Waals surface area contributed by atoms with Gasteiger partial charge in [0.2, 0.25) is 5.16 Å². The molecule has 26 heavy (non-hydrogen) atoms. The maximum absolute atomic E-state index is 12.6. The molecule has 0 unspecified atom stereocenters. The Morgan fingerprint density at radius 1 is 1.50 bits per heavy atom. The molecule has 10 heteroatoms. The van der Waals surface area contributed by atoms with E-state index in [9.17, 15) is 4.79 Å². The average Bonchev–Trinajstić information content (AvgIpc) is 3.27. The molecule has 2 N–H and O–H groups in total. The Balaban J connectivity index is 1.37. The fourth-order valence-electron chi connectivity index (χ4n) is 3.51. The van der Waals surface area contributed by atoms with E-state index in [0.717, 1.165) is 54.7 Å². The quantitative estimate of drug-likeness (QED) is 0.576. The average molecular weight is 395 g/mol. The number of thioether (sulfide) groups is 1. The standard InChI is InChI=1S/C16H22N6O2S2/c1-22-15(19-20-21-22)25-9-7-18-14(23)13-10-11-12(26-13)2-8-24-16(11)3-5-17-6-4-16/h10,17H,2-9H2,1H3,(H,18,23). The molecule has 2 aliphatic heterocycles. The number of fused-ring (bicyclic) bond motifs is 2. The van der Waals surface area contributed by atoms with E-state index in [1.807, 2.05) is 0 Å². The van der Waals surface area contributed by atoms with Crippen molar-refractivity contribution < 1.29 is 9.53 Å². The summed E-state index contributed by atoms with van der Waals surface area (Å²) in [5, 5.41) is 18.4. The van der Waals surface area contributed by atoms with Crippen LogP contribution in [-0.4, -0.2) is 58.1 Å². The number of aryl methyl sites for hydroxylation is 1. The second kappa shape index (κ2) is 7.63. The minimum absolute atomic E-state index is 0.00910. The number of amides is 1. The molecular formula is C16H22N6O2S2. The van der Waals surface area contributed by atoms with Gasteiger partial charge in [0, 0.05) is 30.6 Å². The lowest BCUT2D eigenvalue weighted by atomic mass is 9.83. The zero-order chi connectivity index (χ0) is 18.0. The van der Waals surface area contributed by atoms with Crippen LogP contribution in [-0.2, 0) is 23.8 Å². The molecule has 2 aromatic heterocycles. The number of tetrazole rings is 1. The summed E-state index contributed by atoms with van der Waals surface area (Å²) >= 11 is 3.14. The van der Waals surface area contributed by atoms with Crippen molar-refractivity contribution in [2.45, 2.75) is 30.0 Å². The SMILES string of the molecule is Cn1nnnc1SCCNC(=O)c1cc2c(s1)CCOC21CCNCC1. The number of hydrogen-bond donors (Lipinski definition) is 2. The number of ether oxygens (including phenoxy) is 1. The number of thiophene rings is 1. The second-order valence-corrected chi connectivity index (χ2v) is 8.68. The number of carbonyl (C=O) groups excluding carboxylic acids is 1. The van der Waals surface area contributed by atoms with Gasteiger partial charge in [-0.3, -0.25) is 4.79 Å². The van der Waals surface area contributed by atoms with Crippen molar-refractivity contribution in [3.05, 3.63) is 21.4 Å². The Morgan fingerprint density at radius 3 is 3.12 bits per heavy atom. The minimum atomic E-state index is -0.193. The molecule has 1 amide bonds. The van der Waals surface area contributed by atoms with Gasteiger partial charge in [0.25, 0.3) is 5.91 Å². The van der Waals surface area contributed by atoms with E-state index in [1.165, 1.54) is 22.2 Å². The number of nitrogens with one attached hydrogen (secondary N) is 2. The number of hydrogen-bond acceptors (Lipinski definition) is 8. The molecule has 4 heterocycles. The normalized spacial score (nSPS) is 18.7. The minimum Gasteiger partial charge on any atom is -0.370 e. The highest BCUT2D eigenvalue weighted by atomic mass is 32.2. The van der Waals surface area contributed by atoms with Crippen molar-refractivity contribution in [1.29, 1.82) is 0 Å². The van der Waals surface area contributed by atoms with Crippen LogP contribution in [0.1, 0.15) is 33.0 Å². The van der Waals surface area contributed by atoms with Gasteiger partial charge in [-0.2, -0.15) is 0 Å². The third-order valence-corrected chi connectivity index (χ3v) is 7.05. The van der Waals surface area contributed by atoms with Crippen molar-refractivity contribution in [3.8, 4) is 0 Å². The van der Waals surface area contributed by atoms with E-state index >= 15 is 0 Å². The number of rotatable bonds is 5. The van der Waals surface area contributed by atoms with Gasteiger partial charge in [0.05, 0.1) is 17.1 Å². The molecule has 0 saturated carbocycles. The molecule has 0 radical (unpaired) electrons. The highest BCUT2D eigenvalue weighted by Crippen LogP contribution is 2.43. The van der Waals surface area contributed by atoms with Crippen molar-refractivity contribution >= 4 is 29.0 Å². The number of carbonyl (C=O) groups is 1. The van der Waals surface area contributed by atoms with E-state index in [-0.39, 0.29) is 11.5 Å². The van der Waals surface area contributed by atoms with E-state index in [4.69, 9.17) is 4.74 Å². The Hall–Kier alpha value is -1.49. The Kier molecular flexibility index (Phi) is 5.25. The first kappa shape index (κ1) is 17.9. The lowest BCUT2D eigenvalue weighted by Crippen LogP contribution is -2.44. The van der Waals surface area contributed by atoms with Crippen LogP contribution in [0, 0.1) is 0 Å². The van der Waals surface area contributed by atoms with Crippen LogP contribution in [0.2, 0.25) is 0 Å². The summed E-state index contributed by atoms with van der Waals surface area (Å²) in [5.41, 5.74) is 1.04. The van der Waals surface area contributed by atoms with Gasteiger partial charge >= 0.3 is 0 Å². The van der Waals surface area contributed by atoms with Crippen LogP contribution in [0.3, 0.4) is 0 Å². The summed E-state index contributed by atoms with van der Waals surface area (Å²) in [6, 6.07) is 2.06. The fourth-order valence-corrected chi connectivity index (χ4v) is 5.36. The molecule has 4 rings (SSSR count). The predicted octanol–water partition coefficient (Wildman–Crippen LogP) is 0.945. The summed E-state index contributed by atoms with van der Waals surface area (Å²) in [5.74, 6) is 0.717. The van der Waals surface area contributed by atoms with Gasteiger partial charge in [-0.1, -0.05) is 11.8 Å². The molecular weight excluding hydrogens is 372 g/mol. The first-order valence-corrected chi connectivity index (χ1v) is 10.6. The summed E-state index contributed by atoms with van der Waals surface area (Å²) in [7, 11) is 1.80. The van der Waals surface area contributed by atoms with Crippen LogP contribution in [0.15, 0.2) is 11.2 Å². The van der Waals surface area contributed by atoms with Crippen molar-refractivity contribution in [2.24, 2.45) is 7.05 Å². The van der Waals surface area contributed by atoms with Crippen LogP contribution < -0.4 is 10.6 Å². The molecule has 0 atom stereocenters. The molecule has 0 bridgehead atoms. The summed E-state index contributed by atoms with van der Waals surface area (Å²) in [6.07, 6.45) is 2.85. The topological polar surface area (TPSA) is 94.0 Å². The molecule has 1 saturated heterocycles. The summed E-state index contributed by atoms with van der Waals surface area (Å²) in [4.78, 5) is 14.6. The van der Waals surface area contributed by atoms with Gasteiger partial charge in [0.15, 0.2) is 0 Å². The van der Waals surface area contributed by atoms with E-state index < -0.39 is 0 Å². The highest BCUT2D eigenvalue weighted by molar-refractivity contribution is 7.99. The first-order chi connectivity index (χ1) is 12.7. The molecule has 1 spiro atoms. The molecule has 1 fully saturated rings. The molecule has 140 valence electrons. The van der Waals surface area contributed by atoms with Crippen molar-refractivity contribution in [2.75, 3.05) is 32.0 Å². The van der Waals surface area contributed by atoms with Gasteiger partial charge in [-0.25, -0.2) is 4.68 Å². The zero-order valence-corrected chi connectivity index (χ0v) is 16.3. The van der Waals surface area contributed by atoms with Crippen LogP contribution >= 0.6 is 23.1 Å². The Labute approximate surface area is 160 Å². The monoisotopic (exact) mass is 394 g/mol. The van der Waals surface area contributed by atoms with Crippen LogP contribution in [0.5, 0.6) is 0 Å². The largest absolute Gasteiger partial charge is 0.370 e. The fraction of sp³-hybridized carbons (Fsp3) is 0.625. The van der Waals surface area contributed by atoms with Crippen molar-refractivity contribution in [1.82, 2.24) is 30.8 Å². The maximum atomic E-state index is 12.6. The first-order valence-electron chi connectivity index (χ1n) is 8.79. The van der Waals surface area contributed by atoms with Gasteiger partial charge in [-0.15, -0.1) is 16.4 Å². The number of nitrogens with zero attached hydrogens (tertiary/aromatic N) is 4. The number of aromatic nitrogens is 4. The predicted molar refractivity (Wildman–Crippen MR) is 99.6 cm³/mol. The molecule has 2 aliphatic rings. The maximum Gasteiger partial charge on any atom is 0.261 e. The van der Waals surface area contributed by atoms with Crippen LogP contribution in [0.25, 0.3) is 0 Å². The van der Waals surface area contributed by atoms with Gasteiger partial charge < -0.3 is 15.4 Å². The third-order valence-electron chi connectivity index (χ3n) is 4.84. The lowest BCUT2D eigenvalue weighted by Gasteiger charge is -2.40. The Morgan fingerprint density at radius 2 is 2.35 bits per heavy atom. The molecule has 0 aromatic carbocycles. The summed E-state index contributed by atoms with van der Waals surface area (Å²) in [6.45, 7) is 3.25. The lowest BCUT2D eigenvalue weighted by molar-refractivity contribution is -0.0792. The van der Waals surface area contributed by atoms with Gasteiger partial charge in [0.1, 0.15) is 0 Å². The van der Waals surface area contributed by atoms with Crippen molar-refractivity contribution in [3.63, 3.8) is 0 Å². The van der Waals surface area contributed by atoms with Gasteiger partial charge in [-0.05, 0) is 48.0 Å². The zero-order valence-electron chi connectivity index (χ0n) is 14.7. The third kappa shape index (κ3) is 3.51. The molecule has 8 nitrogen and oxygen atoms in total. The van der Waals surface area contributed by atoms with E-state index in [2.05, 4.69) is 32.2 Å². The highest BCUT2D eigenvalue weighted by Gasteiger charge is 2.40. The summed E-state index contributed by atoms with van der Waals surface area (Å²) < 4.78 is 7.81. The Bertz CT molecular complexity index is 784. The second-order valence-electron chi connectivity index (χ2n) is 6.48. The molecule has 0 aliphatic carbocycles. The van der Waals surface area contributed by atoms with E-state index in [0.29, 0.717) is 6.54 Å². The van der Waals surface area contributed by atoms with E-state index in [1.54, 1.807) is 23.1 Å².